The van der Waals surface area contributed by atoms with E-state index in [9.17, 15) is 4.79 Å². The highest BCUT2D eigenvalue weighted by Gasteiger charge is 2.19. The third-order valence-electron chi connectivity index (χ3n) is 3.51. The molecule has 0 radical (unpaired) electrons. The number of ether oxygens (including phenoxy) is 1. The Bertz CT molecular complexity index is 824. The van der Waals surface area contributed by atoms with E-state index >= 15 is 0 Å². The molecule has 0 saturated heterocycles. The molecule has 0 unspecified atom stereocenters. The van der Waals surface area contributed by atoms with Gasteiger partial charge in [0, 0.05) is 6.20 Å². The lowest BCUT2D eigenvalue weighted by Gasteiger charge is -2.10. The van der Waals surface area contributed by atoms with Crippen molar-refractivity contribution in [2.75, 3.05) is 12.4 Å². The first-order valence-electron chi connectivity index (χ1n) is 7.15. The fourth-order valence-corrected chi connectivity index (χ4v) is 2.46. The molecule has 0 bridgehead atoms. The molecule has 5 nitrogen and oxygen atoms in total. The average Bonchev–Trinajstić information content (AvgIpc) is 2.94. The molecule has 5 heteroatoms. The van der Waals surface area contributed by atoms with Crippen LogP contribution in [0, 0.1) is 0 Å². The largest absolute Gasteiger partial charge is 0.495 e. The summed E-state index contributed by atoms with van der Waals surface area (Å²) in [7, 11) is 1.58. The Labute approximate surface area is 128 Å². The molecule has 3 aromatic rings. The van der Waals surface area contributed by atoms with E-state index in [0.717, 1.165) is 11.3 Å². The zero-order valence-electron chi connectivity index (χ0n) is 12.5. The number of anilines is 1. The third-order valence-corrected chi connectivity index (χ3v) is 3.51. The van der Waals surface area contributed by atoms with Gasteiger partial charge in [-0.1, -0.05) is 25.1 Å². The summed E-state index contributed by atoms with van der Waals surface area (Å²) in [6, 6.07) is 13.0. The minimum atomic E-state index is -0.194. The number of hydrogen-bond acceptors (Lipinski definition) is 3. The number of fused-ring (bicyclic) bond motifs is 1. The fourth-order valence-electron chi connectivity index (χ4n) is 2.46. The number of imidazole rings is 1. The molecule has 0 spiro atoms. The number of hydrogen-bond donors (Lipinski definition) is 1. The van der Waals surface area contributed by atoms with Crippen molar-refractivity contribution < 1.29 is 9.53 Å². The molecule has 0 saturated carbocycles. The molecule has 1 N–H and O–H groups in total. The minimum absolute atomic E-state index is 0.194. The van der Waals surface area contributed by atoms with Gasteiger partial charge in [-0.05, 0) is 30.7 Å². The molecule has 2 aromatic heterocycles. The van der Waals surface area contributed by atoms with Crippen LogP contribution in [0.5, 0.6) is 5.75 Å². The van der Waals surface area contributed by atoms with Crippen LogP contribution in [0.3, 0.4) is 0 Å². The summed E-state index contributed by atoms with van der Waals surface area (Å²) in [5.41, 5.74) is 2.75. The van der Waals surface area contributed by atoms with Crippen molar-refractivity contribution in [3.8, 4) is 5.75 Å². The van der Waals surface area contributed by atoms with E-state index in [0.29, 0.717) is 23.6 Å². The fraction of sp³-hybridized carbons (Fsp3) is 0.176. The average molecular weight is 295 g/mol. The number of carbonyl (C=O) groups excluding carboxylic acids is 1. The maximum Gasteiger partial charge on any atom is 0.274 e. The molecule has 0 fully saturated rings. The van der Waals surface area contributed by atoms with E-state index in [4.69, 9.17) is 4.74 Å². The maximum atomic E-state index is 12.7. The molecule has 3 rings (SSSR count). The Morgan fingerprint density at radius 2 is 2.00 bits per heavy atom. The first-order chi connectivity index (χ1) is 10.7. The topological polar surface area (TPSA) is 55.6 Å². The predicted octanol–water partition coefficient (Wildman–Crippen LogP) is 3.16. The zero-order chi connectivity index (χ0) is 15.5. The lowest BCUT2D eigenvalue weighted by Crippen LogP contribution is -2.16. The van der Waals surface area contributed by atoms with Crippen molar-refractivity contribution in [2.45, 2.75) is 13.3 Å². The Balaban J connectivity index is 2.02. The summed E-state index contributed by atoms with van der Waals surface area (Å²) >= 11 is 0. The molecule has 2 heterocycles. The van der Waals surface area contributed by atoms with Crippen molar-refractivity contribution in [3.05, 3.63) is 60.0 Å². The van der Waals surface area contributed by atoms with Crippen molar-refractivity contribution in [3.63, 3.8) is 0 Å². The van der Waals surface area contributed by atoms with Crippen molar-refractivity contribution >= 4 is 17.2 Å². The van der Waals surface area contributed by atoms with Crippen molar-refractivity contribution in [1.82, 2.24) is 9.38 Å². The summed E-state index contributed by atoms with van der Waals surface area (Å²) in [5, 5.41) is 2.91. The summed E-state index contributed by atoms with van der Waals surface area (Å²) < 4.78 is 7.08. The van der Waals surface area contributed by atoms with Gasteiger partial charge in [-0.25, -0.2) is 4.98 Å². The summed E-state index contributed by atoms with van der Waals surface area (Å²) in [6.07, 6.45) is 2.54. The standard InChI is InChI=1S/C17H17N3O2/c1-3-12-16(20-11-7-6-10-15(20)18-12)17(21)19-13-8-4-5-9-14(13)22-2/h4-11H,3H2,1-2H3,(H,19,21). The second-order valence-corrected chi connectivity index (χ2v) is 4.84. The molecule has 1 aromatic carbocycles. The molecular formula is C17H17N3O2. The lowest BCUT2D eigenvalue weighted by atomic mass is 10.2. The monoisotopic (exact) mass is 295 g/mol. The molecule has 22 heavy (non-hydrogen) atoms. The molecular weight excluding hydrogens is 278 g/mol. The first kappa shape index (κ1) is 14.1. The zero-order valence-corrected chi connectivity index (χ0v) is 12.5. The van der Waals surface area contributed by atoms with E-state index in [1.54, 1.807) is 7.11 Å². The van der Waals surface area contributed by atoms with Gasteiger partial charge in [-0.15, -0.1) is 0 Å². The molecule has 112 valence electrons. The van der Waals surface area contributed by atoms with Gasteiger partial charge in [0.2, 0.25) is 0 Å². The Kier molecular flexibility index (Phi) is 3.78. The van der Waals surface area contributed by atoms with Gasteiger partial charge in [-0.3, -0.25) is 9.20 Å². The van der Waals surface area contributed by atoms with E-state index in [-0.39, 0.29) is 5.91 Å². The highest BCUT2D eigenvalue weighted by Crippen LogP contribution is 2.24. The van der Waals surface area contributed by atoms with Crippen molar-refractivity contribution in [1.29, 1.82) is 0 Å². The smallest absolute Gasteiger partial charge is 0.274 e. The molecule has 0 aliphatic carbocycles. The number of rotatable bonds is 4. The second kappa shape index (κ2) is 5.89. The molecule has 0 aliphatic heterocycles. The van der Waals surface area contributed by atoms with E-state index in [2.05, 4.69) is 10.3 Å². The number of methoxy groups -OCH3 is 1. The normalized spacial score (nSPS) is 10.6. The van der Waals surface area contributed by atoms with Crippen LogP contribution >= 0.6 is 0 Å². The number of aromatic nitrogens is 2. The number of para-hydroxylation sites is 2. The van der Waals surface area contributed by atoms with Crippen LogP contribution in [-0.4, -0.2) is 22.4 Å². The van der Waals surface area contributed by atoms with Crippen LogP contribution in [0.15, 0.2) is 48.7 Å². The van der Waals surface area contributed by atoms with Gasteiger partial charge in [-0.2, -0.15) is 0 Å². The SMILES string of the molecule is CCc1nc2ccccn2c1C(=O)Nc1ccccc1OC. The van der Waals surface area contributed by atoms with Crippen LogP contribution < -0.4 is 10.1 Å². The number of aryl methyl sites for hydroxylation is 1. The molecule has 0 aliphatic rings. The second-order valence-electron chi connectivity index (χ2n) is 4.84. The van der Waals surface area contributed by atoms with Gasteiger partial charge in [0.15, 0.2) is 0 Å². The number of pyridine rings is 1. The van der Waals surface area contributed by atoms with E-state index in [1.165, 1.54) is 0 Å². The molecule has 1 amide bonds. The van der Waals surface area contributed by atoms with Crippen LogP contribution in [-0.2, 0) is 6.42 Å². The van der Waals surface area contributed by atoms with Gasteiger partial charge in [0.25, 0.3) is 5.91 Å². The number of carbonyl (C=O) groups is 1. The predicted molar refractivity (Wildman–Crippen MR) is 85.5 cm³/mol. The van der Waals surface area contributed by atoms with Crippen molar-refractivity contribution in [2.24, 2.45) is 0 Å². The van der Waals surface area contributed by atoms with Crippen LogP contribution in [0.25, 0.3) is 5.65 Å². The minimum Gasteiger partial charge on any atom is -0.495 e. The van der Waals surface area contributed by atoms with E-state index in [1.807, 2.05) is 60.0 Å². The molecule has 0 atom stereocenters. The van der Waals surface area contributed by atoms with E-state index < -0.39 is 0 Å². The maximum absolute atomic E-state index is 12.7. The van der Waals surface area contributed by atoms with Gasteiger partial charge >= 0.3 is 0 Å². The number of amides is 1. The lowest BCUT2D eigenvalue weighted by molar-refractivity contribution is 0.102. The number of benzene rings is 1. The first-order valence-corrected chi connectivity index (χ1v) is 7.15. The van der Waals surface area contributed by atoms with Crippen LogP contribution in [0.4, 0.5) is 5.69 Å². The number of nitrogens with zero attached hydrogens (tertiary/aromatic N) is 2. The van der Waals surface area contributed by atoms with Gasteiger partial charge in [0.1, 0.15) is 17.1 Å². The highest BCUT2D eigenvalue weighted by molar-refractivity contribution is 6.05. The summed E-state index contributed by atoms with van der Waals surface area (Å²) in [4.78, 5) is 17.2. The Hall–Kier alpha value is -2.82. The van der Waals surface area contributed by atoms with Crippen LogP contribution in [0.2, 0.25) is 0 Å². The summed E-state index contributed by atoms with van der Waals surface area (Å²) in [5.74, 6) is 0.433. The van der Waals surface area contributed by atoms with Gasteiger partial charge in [0.05, 0.1) is 18.5 Å². The third kappa shape index (κ3) is 2.41. The summed E-state index contributed by atoms with van der Waals surface area (Å²) in [6.45, 7) is 1.99. The van der Waals surface area contributed by atoms with Crippen LogP contribution in [0.1, 0.15) is 23.1 Å². The van der Waals surface area contributed by atoms with Gasteiger partial charge < -0.3 is 10.1 Å². The quantitative estimate of drug-likeness (QED) is 0.804. The Morgan fingerprint density at radius 1 is 1.23 bits per heavy atom. The Morgan fingerprint density at radius 3 is 2.77 bits per heavy atom. The highest BCUT2D eigenvalue weighted by atomic mass is 16.5. The number of nitrogens with one attached hydrogen (secondary N) is 1.